The maximum atomic E-state index is 12.0. The van der Waals surface area contributed by atoms with Crippen LogP contribution >= 0.6 is 34.8 Å². The maximum Gasteiger partial charge on any atom is 0.277 e. The number of hydrogen-bond acceptors (Lipinski definition) is 4. The molecule has 1 aromatic heterocycles. The molecule has 0 aliphatic carbocycles. The predicted octanol–water partition coefficient (Wildman–Crippen LogP) is 4.42. The summed E-state index contributed by atoms with van der Waals surface area (Å²) < 4.78 is 7.31. The van der Waals surface area contributed by atoms with E-state index >= 15 is 0 Å². The van der Waals surface area contributed by atoms with Crippen molar-refractivity contribution in [2.75, 3.05) is 6.61 Å². The van der Waals surface area contributed by atoms with E-state index in [-0.39, 0.29) is 17.7 Å². The van der Waals surface area contributed by atoms with Crippen molar-refractivity contribution in [2.45, 2.75) is 6.54 Å². The molecule has 0 saturated carbocycles. The van der Waals surface area contributed by atoms with Crippen LogP contribution in [0.25, 0.3) is 0 Å². The quantitative estimate of drug-likeness (QED) is 0.439. The van der Waals surface area contributed by atoms with Crippen molar-refractivity contribution in [1.82, 2.24) is 15.0 Å². The highest BCUT2D eigenvalue weighted by Crippen LogP contribution is 2.24. The first-order valence-corrected chi connectivity index (χ1v) is 9.30. The molecular formula is C19H15Cl3N4O2. The third-order valence-electron chi connectivity index (χ3n) is 3.68. The third kappa shape index (κ3) is 5.48. The van der Waals surface area contributed by atoms with Gasteiger partial charge in [-0.15, -0.1) is 0 Å². The standard InChI is InChI=1S/C19H15Cl3N4O2/c20-15-7-5-13(6-8-15)9-24-25-17(27)11-28-16-4-2-1-3-14(16)10-26-12-23-18(21)19(26)22/h1-9,12H,10-11H2,(H,25,27)/b24-9-. The lowest BCUT2D eigenvalue weighted by Crippen LogP contribution is -2.25. The third-order valence-corrected chi connectivity index (χ3v) is 4.70. The molecule has 1 N–H and O–H groups in total. The van der Waals surface area contributed by atoms with Crippen molar-refractivity contribution in [3.8, 4) is 5.75 Å². The van der Waals surface area contributed by atoms with Crippen LogP contribution in [0.15, 0.2) is 60.0 Å². The fourth-order valence-corrected chi connectivity index (χ4v) is 2.75. The van der Waals surface area contributed by atoms with Gasteiger partial charge in [0.25, 0.3) is 5.91 Å². The average molecular weight is 438 g/mol. The first-order chi connectivity index (χ1) is 13.5. The SMILES string of the molecule is O=C(COc1ccccc1Cn1cnc(Cl)c1Cl)N/N=C\c1ccc(Cl)cc1. The van der Waals surface area contributed by atoms with Gasteiger partial charge in [0, 0.05) is 10.6 Å². The van der Waals surface area contributed by atoms with E-state index in [1.807, 2.05) is 18.2 Å². The van der Waals surface area contributed by atoms with Gasteiger partial charge in [-0.05, 0) is 23.8 Å². The van der Waals surface area contributed by atoms with Gasteiger partial charge in [0.15, 0.2) is 11.8 Å². The number of amides is 1. The van der Waals surface area contributed by atoms with Crippen LogP contribution < -0.4 is 10.2 Å². The highest BCUT2D eigenvalue weighted by Gasteiger charge is 2.10. The molecule has 0 aliphatic rings. The van der Waals surface area contributed by atoms with Crippen molar-refractivity contribution < 1.29 is 9.53 Å². The van der Waals surface area contributed by atoms with Gasteiger partial charge < -0.3 is 9.30 Å². The van der Waals surface area contributed by atoms with Gasteiger partial charge >= 0.3 is 0 Å². The molecule has 0 spiro atoms. The minimum Gasteiger partial charge on any atom is -0.483 e. The molecule has 0 aliphatic heterocycles. The summed E-state index contributed by atoms with van der Waals surface area (Å²) in [6.45, 7) is 0.221. The van der Waals surface area contributed by atoms with Crippen LogP contribution in [0.1, 0.15) is 11.1 Å². The lowest BCUT2D eigenvalue weighted by Gasteiger charge is -2.11. The number of halogens is 3. The molecule has 6 nitrogen and oxygen atoms in total. The monoisotopic (exact) mass is 436 g/mol. The maximum absolute atomic E-state index is 12.0. The Balaban J connectivity index is 1.56. The zero-order valence-corrected chi connectivity index (χ0v) is 16.7. The van der Waals surface area contributed by atoms with Crippen LogP contribution in [0.3, 0.4) is 0 Å². The molecule has 28 heavy (non-hydrogen) atoms. The Bertz CT molecular complexity index is 987. The molecule has 2 aromatic carbocycles. The van der Waals surface area contributed by atoms with Gasteiger partial charge in [-0.25, -0.2) is 10.4 Å². The number of aromatic nitrogens is 2. The second-order valence-electron chi connectivity index (χ2n) is 5.70. The molecular weight excluding hydrogens is 423 g/mol. The summed E-state index contributed by atoms with van der Waals surface area (Å²) in [5, 5.41) is 5.10. The van der Waals surface area contributed by atoms with Crippen molar-refractivity contribution in [3.63, 3.8) is 0 Å². The average Bonchev–Trinajstić information content (AvgIpc) is 3.01. The molecule has 1 heterocycles. The van der Waals surface area contributed by atoms with Gasteiger partial charge in [0.2, 0.25) is 0 Å². The highest BCUT2D eigenvalue weighted by molar-refractivity contribution is 6.40. The van der Waals surface area contributed by atoms with Gasteiger partial charge in [-0.2, -0.15) is 5.10 Å². The molecule has 0 bridgehead atoms. The number of imidazole rings is 1. The summed E-state index contributed by atoms with van der Waals surface area (Å²) in [5.41, 5.74) is 4.06. The van der Waals surface area contributed by atoms with Crippen LogP contribution in [-0.4, -0.2) is 28.3 Å². The Morgan fingerprint density at radius 1 is 1.14 bits per heavy atom. The van der Waals surface area contributed by atoms with Crippen molar-refractivity contribution in [3.05, 3.63) is 81.3 Å². The Hall–Kier alpha value is -2.54. The predicted molar refractivity (Wildman–Crippen MR) is 110 cm³/mol. The molecule has 3 aromatic rings. The topological polar surface area (TPSA) is 68.5 Å². The lowest BCUT2D eigenvalue weighted by molar-refractivity contribution is -0.123. The number of carbonyl (C=O) groups is 1. The minimum atomic E-state index is -0.385. The van der Waals surface area contributed by atoms with Gasteiger partial charge in [-0.3, -0.25) is 4.79 Å². The Morgan fingerprint density at radius 2 is 1.89 bits per heavy atom. The molecule has 0 saturated heterocycles. The highest BCUT2D eigenvalue weighted by atomic mass is 35.5. The molecule has 0 unspecified atom stereocenters. The second-order valence-corrected chi connectivity index (χ2v) is 6.85. The minimum absolute atomic E-state index is 0.187. The molecule has 1 amide bonds. The van der Waals surface area contributed by atoms with E-state index in [1.165, 1.54) is 6.21 Å². The number of benzene rings is 2. The van der Waals surface area contributed by atoms with E-state index in [4.69, 9.17) is 39.5 Å². The Labute approximate surface area is 176 Å². The van der Waals surface area contributed by atoms with E-state index in [0.717, 1.165) is 11.1 Å². The zero-order chi connectivity index (χ0) is 19.9. The van der Waals surface area contributed by atoms with Crippen molar-refractivity contribution in [1.29, 1.82) is 0 Å². The molecule has 0 radical (unpaired) electrons. The fraction of sp³-hybridized carbons (Fsp3) is 0.105. The van der Waals surface area contributed by atoms with Crippen molar-refractivity contribution >= 4 is 46.9 Å². The number of hydrazone groups is 1. The number of para-hydroxylation sites is 1. The van der Waals surface area contributed by atoms with Crippen molar-refractivity contribution in [2.24, 2.45) is 5.10 Å². The summed E-state index contributed by atoms with van der Waals surface area (Å²) in [6.07, 6.45) is 3.06. The normalized spacial score (nSPS) is 11.0. The summed E-state index contributed by atoms with van der Waals surface area (Å²) in [6, 6.07) is 14.4. The number of rotatable bonds is 7. The lowest BCUT2D eigenvalue weighted by atomic mass is 10.2. The number of hydrogen-bond donors (Lipinski definition) is 1. The van der Waals surface area contributed by atoms with E-state index in [2.05, 4.69) is 15.5 Å². The number of ether oxygens (including phenoxy) is 1. The van der Waals surface area contributed by atoms with E-state index in [9.17, 15) is 4.79 Å². The van der Waals surface area contributed by atoms with Crippen LogP contribution in [-0.2, 0) is 11.3 Å². The molecule has 0 atom stereocenters. The van der Waals surface area contributed by atoms with E-state index in [0.29, 0.717) is 22.5 Å². The van der Waals surface area contributed by atoms with E-state index in [1.54, 1.807) is 41.2 Å². The van der Waals surface area contributed by atoms with Crippen LogP contribution in [0.2, 0.25) is 15.3 Å². The molecule has 0 fully saturated rings. The van der Waals surface area contributed by atoms with Crippen LogP contribution in [0.4, 0.5) is 0 Å². The molecule has 144 valence electrons. The van der Waals surface area contributed by atoms with Gasteiger partial charge in [0.1, 0.15) is 10.9 Å². The smallest absolute Gasteiger partial charge is 0.277 e. The first-order valence-electron chi connectivity index (χ1n) is 8.17. The number of nitrogens with one attached hydrogen (secondary N) is 1. The summed E-state index contributed by atoms with van der Waals surface area (Å²) >= 11 is 17.8. The number of nitrogens with zero attached hydrogens (tertiary/aromatic N) is 3. The summed E-state index contributed by atoms with van der Waals surface area (Å²) in [5.74, 6) is 0.170. The van der Waals surface area contributed by atoms with Gasteiger partial charge in [0.05, 0.1) is 19.1 Å². The summed E-state index contributed by atoms with van der Waals surface area (Å²) in [4.78, 5) is 15.9. The first kappa shape index (κ1) is 20.2. The zero-order valence-electron chi connectivity index (χ0n) is 14.5. The number of carbonyl (C=O) groups excluding carboxylic acids is 1. The fourth-order valence-electron chi connectivity index (χ4n) is 2.32. The summed E-state index contributed by atoms with van der Waals surface area (Å²) in [7, 11) is 0. The largest absolute Gasteiger partial charge is 0.483 e. The molecule has 9 heteroatoms. The van der Waals surface area contributed by atoms with Crippen LogP contribution in [0.5, 0.6) is 5.75 Å². The molecule has 3 rings (SSSR count). The van der Waals surface area contributed by atoms with E-state index < -0.39 is 0 Å². The second kappa shape index (κ2) is 9.59. The van der Waals surface area contributed by atoms with Gasteiger partial charge in [-0.1, -0.05) is 65.1 Å². The Kier molecular flexibility index (Phi) is 6.92. The Morgan fingerprint density at radius 3 is 2.61 bits per heavy atom. The van der Waals surface area contributed by atoms with Crippen LogP contribution in [0, 0.1) is 0 Å².